The number of methoxy groups -OCH3 is 1. The quantitative estimate of drug-likeness (QED) is 0.581. The molecule has 4 rings (SSSR count). The Balaban J connectivity index is 1.26. The first-order valence-electron chi connectivity index (χ1n) is 11.0. The molecule has 9 nitrogen and oxygen atoms in total. The fraction of sp³-hybridized carbons (Fsp3) is 0.522. The van der Waals surface area contributed by atoms with Gasteiger partial charge >= 0.3 is 0 Å². The van der Waals surface area contributed by atoms with Crippen molar-refractivity contribution in [1.29, 1.82) is 0 Å². The Kier molecular flexibility index (Phi) is 6.53. The zero-order chi connectivity index (χ0) is 22.7. The van der Waals surface area contributed by atoms with Crippen molar-refractivity contribution in [2.75, 3.05) is 20.7 Å². The van der Waals surface area contributed by atoms with Gasteiger partial charge in [-0.3, -0.25) is 19.3 Å². The molecule has 9 heteroatoms. The fourth-order valence-electron chi connectivity index (χ4n) is 4.50. The number of nitrogens with zero attached hydrogens (tertiary/aromatic N) is 4. The number of fused-ring (bicyclic) bond motifs is 1. The number of hydrogen-bond acceptors (Lipinski definition) is 7. The first-order valence-corrected chi connectivity index (χ1v) is 11.0. The van der Waals surface area contributed by atoms with Crippen molar-refractivity contribution >= 4 is 17.7 Å². The van der Waals surface area contributed by atoms with Crippen LogP contribution >= 0.6 is 0 Å². The predicted octanol–water partition coefficient (Wildman–Crippen LogP) is 2.66. The van der Waals surface area contributed by atoms with E-state index in [2.05, 4.69) is 10.1 Å². The van der Waals surface area contributed by atoms with Crippen LogP contribution in [-0.4, -0.2) is 58.4 Å². The number of benzene rings is 1. The minimum Gasteiger partial charge on any atom is -0.497 e. The first kappa shape index (κ1) is 22.0. The van der Waals surface area contributed by atoms with Crippen LogP contribution < -0.4 is 4.74 Å². The van der Waals surface area contributed by atoms with Gasteiger partial charge in [-0.25, -0.2) is 0 Å². The number of hydrogen-bond donors (Lipinski definition) is 0. The predicted molar refractivity (Wildman–Crippen MR) is 114 cm³/mol. The molecule has 2 atom stereocenters. The van der Waals surface area contributed by atoms with Gasteiger partial charge in [0.2, 0.25) is 29.4 Å². The molecule has 0 N–H and O–H groups in total. The largest absolute Gasteiger partial charge is 0.497 e. The Labute approximate surface area is 186 Å². The minimum absolute atomic E-state index is 0.0579. The van der Waals surface area contributed by atoms with Crippen LogP contribution in [0.4, 0.5) is 0 Å². The molecule has 1 aliphatic carbocycles. The van der Waals surface area contributed by atoms with Crippen LogP contribution in [-0.2, 0) is 20.9 Å². The van der Waals surface area contributed by atoms with Crippen molar-refractivity contribution in [1.82, 2.24) is 19.9 Å². The Morgan fingerprint density at radius 3 is 2.44 bits per heavy atom. The van der Waals surface area contributed by atoms with E-state index in [1.165, 1.54) is 9.80 Å². The molecular weight excluding hydrogens is 412 g/mol. The second kappa shape index (κ2) is 9.50. The molecule has 2 aromatic rings. The highest BCUT2D eigenvalue weighted by Gasteiger charge is 2.47. The van der Waals surface area contributed by atoms with Crippen molar-refractivity contribution in [2.45, 2.75) is 45.1 Å². The van der Waals surface area contributed by atoms with E-state index in [0.717, 1.165) is 37.0 Å². The summed E-state index contributed by atoms with van der Waals surface area (Å²) in [6.45, 7) is 0.486. The number of carbonyl (C=O) groups excluding carboxylic acids is 3. The molecule has 0 unspecified atom stereocenters. The lowest BCUT2D eigenvalue weighted by Gasteiger charge is -2.19. The number of aromatic nitrogens is 2. The second-order valence-electron chi connectivity index (χ2n) is 8.42. The summed E-state index contributed by atoms with van der Waals surface area (Å²) in [4.78, 5) is 44.8. The van der Waals surface area contributed by atoms with Gasteiger partial charge in [0, 0.05) is 25.6 Å². The molecule has 3 amide bonds. The molecule has 1 aromatic carbocycles. The second-order valence-corrected chi connectivity index (χ2v) is 8.42. The van der Waals surface area contributed by atoms with E-state index >= 15 is 0 Å². The van der Waals surface area contributed by atoms with Crippen LogP contribution in [0.1, 0.15) is 44.4 Å². The molecule has 1 saturated heterocycles. The maximum absolute atomic E-state index is 12.5. The lowest BCUT2D eigenvalue weighted by atomic mass is 9.81. The van der Waals surface area contributed by atoms with E-state index in [-0.39, 0.29) is 42.5 Å². The smallest absolute Gasteiger partial charge is 0.246 e. The molecule has 0 spiro atoms. The van der Waals surface area contributed by atoms with E-state index in [0.29, 0.717) is 24.7 Å². The summed E-state index contributed by atoms with van der Waals surface area (Å²) in [5, 5.41) is 3.97. The van der Waals surface area contributed by atoms with Gasteiger partial charge in [-0.2, -0.15) is 4.98 Å². The Morgan fingerprint density at radius 2 is 1.81 bits per heavy atom. The zero-order valence-electron chi connectivity index (χ0n) is 18.5. The molecule has 0 bridgehead atoms. The first-order chi connectivity index (χ1) is 15.5. The molecule has 2 heterocycles. The summed E-state index contributed by atoms with van der Waals surface area (Å²) in [7, 11) is 3.27. The summed E-state index contributed by atoms with van der Waals surface area (Å²) in [6, 6.07) is 7.29. The van der Waals surface area contributed by atoms with Crippen LogP contribution in [0.15, 0.2) is 28.8 Å². The molecule has 2 fully saturated rings. The van der Waals surface area contributed by atoms with Gasteiger partial charge in [-0.1, -0.05) is 18.0 Å². The molecule has 1 saturated carbocycles. The summed E-state index contributed by atoms with van der Waals surface area (Å²) in [6.07, 6.45) is 4.30. The van der Waals surface area contributed by atoms with Gasteiger partial charge in [0.05, 0.1) is 25.5 Å². The highest BCUT2D eigenvalue weighted by molar-refractivity contribution is 6.05. The highest BCUT2D eigenvalue weighted by Crippen LogP contribution is 2.38. The number of ether oxygens (including phenoxy) is 1. The van der Waals surface area contributed by atoms with E-state index in [9.17, 15) is 14.4 Å². The maximum Gasteiger partial charge on any atom is 0.246 e. The summed E-state index contributed by atoms with van der Waals surface area (Å²) in [5.41, 5.74) is 0.787. The molecule has 2 aliphatic rings. The topological polar surface area (TPSA) is 106 Å². The van der Waals surface area contributed by atoms with E-state index < -0.39 is 0 Å². The summed E-state index contributed by atoms with van der Waals surface area (Å²) < 4.78 is 10.4. The van der Waals surface area contributed by atoms with Crippen LogP contribution in [0.3, 0.4) is 0 Å². The SMILES string of the molecule is COc1ccc(-c2noc(CN(C)C(=O)CCCN3C(=O)[C@@H]4CCCC[C@H]4C3=O)n2)cc1. The van der Waals surface area contributed by atoms with Crippen molar-refractivity contribution < 1.29 is 23.6 Å². The van der Waals surface area contributed by atoms with E-state index in [4.69, 9.17) is 9.26 Å². The van der Waals surface area contributed by atoms with Crippen molar-refractivity contribution in [3.8, 4) is 17.1 Å². The third-order valence-electron chi connectivity index (χ3n) is 6.32. The molecule has 1 aromatic heterocycles. The van der Waals surface area contributed by atoms with Crippen LogP contribution in [0.5, 0.6) is 5.75 Å². The Hall–Kier alpha value is -3.23. The van der Waals surface area contributed by atoms with Gasteiger partial charge < -0.3 is 14.2 Å². The van der Waals surface area contributed by atoms with Crippen molar-refractivity contribution in [3.63, 3.8) is 0 Å². The molecule has 32 heavy (non-hydrogen) atoms. The molecule has 1 aliphatic heterocycles. The highest BCUT2D eigenvalue weighted by atomic mass is 16.5. The third kappa shape index (κ3) is 4.51. The Morgan fingerprint density at radius 1 is 1.16 bits per heavy atom. The lowest BCUT2D eigenvalue weighted by molar-refractivity contribution is -0.140. The normalized spacial score (nSPS) is 20.4. The average molecular weight is 441 g/mol. The summed E-state index contributed by atoms with van der Waals surface area (Å²) in [5.74, 6) is 0.996. The average Bonchev–Trinajstić information content (AvgIpc) is 3.37. The molecule has 170 valence electrons. The minimum atomic E-state index is -0.146. The lowest BCUT2D eigenvalue weighted by Crippen LogP contribution is -2.33. The number of carbonyl (C=O) groups is 3. The van der Waals surface area contributed by atoms with E-state index in [1.807, 2.05) is 24.3 Å². The number of amides is 3. The van der Waals surface area contributed by atoms with Crippen LogP contribution in [0.25, 0.3) is 11.4 Å². The standard InChI is InChI=1S/C23H28N4O5/c1-26(14-19-24-21(25-32-19)15-9-11-16(31-2)12-10-15)20(28)8-5-13-27-22(29)17-6-3-4-7-18(17)23(27)30/h9-12,17-18H,3-8,13-14H2,1-2H3/t17-,18-/m1/s1. The van der Waals surface area contributed by atoms with Gasteiger partial charge in [-0.05, 0) is 43.5 Å². The van der Waals surface area contributed by atoms with Crippen molar-refractivity contribution in [3.05, 3.63) is 30.2 Å². The van der Waals surface area contributed by atoms with E-state index in [1.54, 1.807) is 14.2 Å². The number of rotatable bonds is 8. The fourth-order valence-corrected chi connectivity index (χ4v) is 4.50. The zero-order valence-corrected chi connectivity index (χ0v) is 18.5. The monoisotopic (exact) mass is 440 g/mol. The third-order valence-corrected chi connectivity index (χ3v) is 6.32. The molecule has 0 radical (unpaired) electrons. The number of likely N-dealkylation sites (tertiary alicyclic amines) is 1. The van der Waals surface area contributed by atoms with Gasteiger partial charge in [0.15, 0.2) is 0 Å². The Bertz CT molecular complexity index is 963. The van der Waals surface area contributed by atoms with Gasteiger partial charge in [0.25, 0.3) is 0 Å². The maximum atomic E-state index is 12.5. The van der Waals surface area contributed by atoms with Crippen molar-refractivity contribution in [2.24, 2.45) is 11.8 Å². The number of imide groups is 1. The summed E-state index contributed by atoms with van der Waals surface area (Å²) >= 11 is 0. The van der Waals surface area contributed by atoms with Crippen LogP contribution in [0.2, 0.25) is 0 Å². The molecular formula is C23H28N4O5. The van der Waals surface area contributed by atoms with Gasteiger partial charge in [0.1, 0.15) is 5.75 Å². The van der Waals surface area contributed by atoms with Gasteiger partial charge in [-0.15, -0.1) is 0 Å². The van der Waals surface area contributed by atoms with Crippen LogP contribution in [0, 0.1) is 11.8 Å².